The van der Waals surface area contributed by atoms with Gasteiger partial charge in [0.15, 0.2) is 18.7 Å². The molecule has 0 aromatic carbocycles. The van der Waals surface area contributed by atoms with Crippen LogP contribution < -0.4 is 0 Å². The number of carbonyl (C=O) groups excluding carboxylic acids is 2. The van der Waals surface area contributed by atoms with Crippen molar-refractivity contribution < 1.29 is 104 Å². The van der Waals surface area contributed by atoms with Crippen LogP contribution in [0.15, 0.2) is 0 Å². The van der Waals surface area contributed by atoms with Gasteiger partial charge in [-0.3, -0.25) is 9.59 Å². The van der Waals surface area contributed by atoms with Gasteiger partial charge in [-0.1, -0.05) is 27.7 Å². The van der Waals surface area contributed by atoms with E-state index in [1.54, 1.807) is 41.5 Å². The molecule has 0 radical (unpaired) electrons. The minimum absolute atomic E-state index is 0.0936. The SMILES string of the molecule is CC[C@H]1OC(=O)[C@H](C)[C@@H](O[C@H]2C[C@@](C)(OC)[C@@H](O)[C@H](C)O2)[C@@H](C)[C@@H](O[C@@H]2O[C@H](C)C[C@H](N(C)C)[C@H]2O)[C@](C)(O)C[C@@H](C)C(=O)[C@H](C)[C@H](O)[C@]1(C)O.O=C(O)[C@H](O)[C@H](O)[C@@H](O)[C@H](O)[C@H](O)CO. The van der Waals surface area contributed by atoms with E-state index in [0.29, 0.717) is 6.42 Å². The number of hydrogen-bond acceptors (Lipinski definition) is 21. The number of hydrogen-bond donors (Lipinski definition) is 12. The van der Waals surface area contributed by atoms with Crippen molar-refractivity contribution in [2.45, 2.75) is 210 Å². The molecule has 12 N–H and O–H groups in total. The molecule has 0 bridgehead atoms. The van der Waals surface area contributed by atoms with Gasteiger partial charge in [-0.2, -0.15) is 0 Å². The number of ether oxygens (including phenoxy) is 6. The number of aliphatic carboxylic acids is 1. The van der Waals surface area contributed by atoms with Gasteiger partial charge in [0, 0.05) is 37.3 Å². The van der Waals surface area contributed by atoms with Crippen molar-refractivity contribution in [3.8, 4) is 0 Å². The number of esters is 1. The number of rotatable bonds is 13. The van der Waals surface area contributed by atoms with Crippen LogP contribution in [0.2, 0.25) is 0 Å². The van der Waals surface area contributed by atoms with Crippen LogP contribution in [0.5, 0.6) is 0 Å². The van der Waals surface area contributed by atoms with Crippen LogP contribution in [0, 0.1) is 23.7 Å². The van der Waals surface area contributed by atoms with Crippen molar-refractivity contribution in [2.24, 2.45) is 23.7 Å². The van der Waals surface area contributed by atoms with E-state index >= 15 is 0 Å². The predicted octanol–water partition coefficient (Wildman–Crippen LogP) is -2.35. The Balaban J connectivity index is 0.000000850. The first-order chi connectivity index (χ1) is 30.2. The Morgan fingerprint density at radius 1 is 0.848 bits per heavy atom. The lowest BCUT2D eigenvalue weighted by molar-refractivity contribution is -0.318. The summed E-state index contributed by atoms with van der Waals surface area (Å²) in [4.78, 5) is 40.0. The van der Waals surface area contributed by atoms with Crippen LogP contribution in [0.1, 0.15) is 94.9 Å². The first-order valence-electron chi connectivity index (χ1n) is 22.6. The van der Waals surface area contributed by atoms with Gasteiger partial charge < -0.3 is 94.6 Å². The molecule has 3 aliphatic heterocycles. The fourth-order valence-corrected chi connectivity index (χ4v) is 9.28. The maximum atomic E-state index is 14.1. The second-order valence-corrected chi connectivity index (χ2v) is 19.5. The average Bonchev–Trinajstić information content (AvgIpc) is 3.25. The third-order valence-electron chi connectivity index (χ3n) is 13.7. The van der Waals surface area contributed by atoms with E-state index in [1.165, 1.54) is 27.9 Å². The molecule has 23 atom stereocenters. The summed E-state index contributed by atoms with van der Waals surface area (Å²) >= 11 is 0. The topological polar surface area (TPSA) is 353 Å². The predicted molar refractivity (Wildman–Crippen MR) is 231 cm³/mol. The number of aliphatic hydroxyl groups excluding tert-OH is 9. The number of carbonyl (C=O) groups is 3. The van der Waals surface area contributed by atoms with Crippen molar-refractivity contribution >= 4 is 17.7 Å². The number of Topliss-reactive ketones (excluding diaryl/α,β-unsaturated/α-hetero) is 1. The number of cyclic esters (lactones) is 1. The van der Waals surface area contributed by atoms with Crippen molar-refractivity contribution in [3.63, 3.8) is 0 Å². The van der Waals surface area contributed by atoms with E-state index in [9.17, 15) is 39.9 Å². The number of methoxy groups -OCH3 is 1. The summed E-state index contributed by atoms with van der Waals surface area (Å²) < 4.78 is 37.1. The molecule has 3 heterocycles. The fourth-order valence-electron chi connectivity index (χ4n) is 9.28. The highest BCUT2D eigenvalue weighted by atomic mass is 16.7. The van der Waals surface area contributed by atoms with Crippen molar-refractivity contribution in [1.29, 1.82) is 0 Å². The molecule has 388 valence electrons. The summed E-state index contributed by atoms with van der Waals surface area (Å²) in [6.07, 6.45) is -20.0. The van der Waals surface area contributed by atoms with Gasteiger partial charge >= 0.3 is 11.9 Å². The minimum Gasteiger partial charge on any atom is -0.479 e. The smallest absolute Gasteiger partial charge is 0.335 e. The Kier molecular flexibility index (Phi) is 22.4. The second-order valence-electron chi connectivity index (χ2n) is 19.5. The van der Waals surface area contributed by atoms with Crippen LogP contribution in [0.25, 0.3) is 0 Å². The number of carboxylic acids is 1. The largest absolute Gasteiger partial charge is 0.479 e. The molecule has 22 heteroatoms. The normalized spacial score (nSPS) is 43.3. The highest BCUT2D eigenvalue weighted by Crippen LogP contribution is 2.41. The zero-order valence-corrected chi connectivity index (χ0v) is 40.6. The maximum absolute atomic E-state index is 14.1. The summed E-state index contributed by atoms with van der Waals surface area (Å²) in [5, 5.41) is 119. The highest BCUT2D eigenvalue weighted by molar-refractivity contribution is 5.83. The molecule has 0 spiro atoms. The van der Waals surface area contributed by atoms with Gasteiger partial charge in [0.25, 0.3) is 0 Å². The molecule has 0 saturated carbocycles. The Bertz CT molecular complexity index is 1540. The number of carboxylic acid groups (broad SMARTS) is 1. The maximum Gasteiger partial charge on any atom is 0.335 e. The van der Waals surface area contributed by atoms with Crippen LogP contribution in [-0.4, -0.2) is 226 Å². The summed E-state index contributed by atoms with van der Waals surface area (Å²) in [6.45, 7) is 15.5. The van der Waals surface area contributed by atoms with Gasteiger partial charge in [-0.25, -0.2) is 4.79 Å². The van der Waals surface area contributed by atoms with Crippen molar-refractivity contribution in [2.75, 3.05) is 27.8 Å². The monoisotopic (exact) mass is 960 g/mol. The zero-order valence-electron chi connectivity index (χ0n) is 40.6. The van der Waals surface area contributed by atoms with E-state index in [2.05, 4.69) is 0 Å². The lowest BCUT2D eigenvalue weighted by Crippen LogP contribution is -2.61. The molecular weight excluding hydrogens is 878 g/mol. The van der Waals surface area contributed by atoms with Crippen LogP contribution >= 0.6 is 0 Å². The van der Waals surface area contributed by atoms with E-state index in [0.717, 1.165) is 0 Å². The van der Waals surface area contributed by atoms with Crippen LogP contribution in [0.4, 0.5) is 0 Å². The van der Waals surface area contributed by atoms with Crippen LogP contribution in [-0.2, 0) is 42.8 Å². The van der Waals surface area contributed by atoms with Crippen molar-refractivity contribution in [1.82, 2.24) is 4.90 Å². The highest BCUT2D eigenvalue weighted by Gasteiger charge is 2.53. The van der Waals surface area contributed by atoms with Crippen LogP contribution in [0.3, 0.4) is 0 Å². The molecule has 3 fully saturated rings. The number of ketones is 1. The first kappa shape index (κ1) is 60.1. The van der Waals surface area contributed by atoms with Gasteiger partial charge in [0.05, 0.1) is 54.2 Å². The van der Waals surface area contributed by atoms with Gasteiger partial charge in [0.2, 0.25) is 0 Å². The second kappa shape index (κ2) is 24.7. The molecule has 0 aromatic heterocycles. The molecule has 3 aliphatic rings. The lowest BCUT2D eigenvalue weighted by Gasteiger charge is -2.49. The molecule has 0 amide bonds. The Labute approximate surface area is 387 Å². The van der Waals surface area contributed by atoms with E-state index in [1.807, 2.05) is 25.9 Å². The standard InChI is InChI=1S/C37H67NO13.C7H14O8/c1-14-25-37(10,45)30(41)20(4)27(39)18(2)16-35(8,44)32(51-34-28(40)24(38(11)12)15-19(3)47-34)21(5)29(22(6)33(43)49-25)50-26-17-36(9,46-13)31(42)23(7)48-26;8-1-2(9)3(10)4(11)5(12)6(13)7(14)15/h18-26,28-32,34,40-42,44-45H,14-17H2,1-13H3;2-6,8-13H,1H2,(H,14,15)/t18-,19-,20+,21-,22-,23+,24+,25-,26+,28-,29+,30+,31+,32-,34+,35-,36-,37-;2-,3-,4+,5-,6-/m11/s1. The summed E-state index contributed by atoms with van der Waals surface area (Å²) in [5.41, 5.74) is -4.84. The third-order valence-corrected chi connectivity index (χ3v) is 13.7. The Morgan fingerprint density at radius 2 is 1.42 bits per heavy atom. The van der Waals surface area contributed by atoms with E-state index < -0.39 is 151 Å². The Hall–Kier alpha value is -2.07. The quantitative estimate of drug-likeness (QED) is 0.0860. The zero-order chi connectivity index (χ0) is 51.1. The molecular formula is C44H81NO21. The molecule has 3 rings (SSSR count). The van der Waals surface area contributed by atoms with Gasteiger partial charge in [-0.05, 0) is 74.9 Å². The van der Waals surface area contributed by atoms with Gasteiger partial charge in [-0.15, -0.1) is 0 Å². The molecule has 0 unspecified atom stereocenters. The minimum atomic E-state index is -2.29. The number of nitrogens with zero attached hydrogens (tertiary/aromatic N) is 1. The summed E-state index contributed by atoms with van der Waals surface area (Å²) in [6, 6.07) is -0.324. The molecule has 66 heavy (non-hydrogen) atoms. The molecule has 0 aliphatic carbocycles. The van der Waals surface area contributed by atoms with Gasteiger partial charge in [0.1, 0.15) is 54.1 Å². The van der Waals surface area contributed by atoms with Crippen molar-refractivity contribution in [3.05, 3.63) is 0 Å². The first-order valence-corrected chi connectivity index (χ1v) is 22.6. The average molecular weight is 960 g/mol. The summed E-state index contributed by atoms with van der Waals surface area (Å²) in [5.74, 6) is -6.76. The van der Waals surface area contributed by atoms with E-state index in [-0.39, 0.29) is 31.4 Å². The molecule has 22 nitrogen and oxygen atoms in total. The number of likely N-dealkylation sites (N-methyl/N-ethyl adjacent to an activating group) is 1. The molecule has 0 aromatic rings. The lowest BCUT2D eigenvalue weighted by atomic mass is 9.74. The molecule has 3 saturated heterocycles. The fraction of sp³-hybridized carbons (Fsp3) is 0.932. The Morgan fingerprint density at radius 3 is 1.92 bits per heavy atom. The summed E-state index contributed by atoms with van der Waals surface area (Å²) in [7, 11) is 5.18. The van der Waals surface area contributed by atoms with E-state index in [4.69, 9.17) is 64.2 Å². The number of aliphatic hydroxyl groups is 11. The third kappa shape index (κ3) is 14.3.